The van der Waals surface area contributed by atoms with Crippen molar-refractivity contribution in [2.45, 2.75) is 25.4 Å². The van der Waals surface area contributed by atoms with Crippen LogP contribution in [0.3, 0.4) is 0 Å². The van der Waals surface area contributed by atoms with Gasteiger partial charge < -0.3 is 4.84 Å². The summed E-state index contributed by atoms with van der Waals surface area (Å²) in [6.07, 6.45) is 2.53. The van der Waals surface area contributed by atoms with Gasteiger partial charge in [-0.3, -0.25) is 14.2 Å². The fourth-order valence-corrected chi connectivity index (χ4v) is 4.12. The largest absolute Gasteiger partial charge is 0.392 e. The normalized spacial score (nSPS) is 15.8. The van der Waals surface area contributed by atoms with Gasteiger partial charge in [-0.05, 0) is 42.3 Å². The van der Waals surface area contributed by atoms with Crippen molar-refractivity contribution in [1.29, 1.82) is 0 Å². The molecule has 1 aliphatic heterocycles. The highest BCUT2D eigenvalue weighted by Gasteiger charge is 2.23. The maximum atomic E-state index is 13.4. The molecular weight excluding hydrogens is 415 g/mol. The smallest absolute Gasteiger partial charge is 0.255 e. The number of aromatic nitrogens is 1. The first-order chi connectivity index (χ1) is 14.0. The van der Waals surface area contributed by atoms with Gasteiger partial charge in [-0.15, -0.1) is 11.3 Å². The van der Waals surface area contributed by atoms with Crippen LogP contribution in [-0.2, 0) is 4.84 Å². The van der Waals surface area contributed by atoms with Gasteiger partial charge >= 0.3 is 0 Å². The second kappa shape index (κ2) is 8.31. The van der Waals surface area contributed by atoms with E-state index >= 15 is 0 Å². The van der Waals surface area contributed by atoms with Crippen molar-refractivity contribution >= 4 is 34.4 Å². The summed E-state index contributed by atoms with van der Waals surface area (Å²) < 4.78 is 15.3. The van der Waals surface area contributed by atoms with E-state index in [1.807, 2.05) is 12.1 Å². The molecule has 5 nitrogen and oxygen atoms in total. The third-order valence-electron chi connectivity index (χ3n) is 4.63. The van der Waals surface area contributed by atoms with Gasteiger partial charge in [0.05, 0.1) is 14.9 Å². The molecule has 1 unspecified atom stereocenters. The summed E-state index contributed by atoms with van der Waals surface area (Å²) in [6.45, 7) is 0. The Hall–Kier alpha value is -2.77. The summed E-state index contributed by atoms with van der Waals surface area (Å²) in [5.41, 5.74) is 1.89. The van der Waals surface area contributed by atoms with Crippen LogP contribution >= 0.6 is 22.9 Å². The van der Waals surface area contributed by atoms with Crippen LogP contribution in [-0.4, -0.2) is 22.2 Å². The highest BCUT2D eigenvalue weighted by atomic mass is 35.5. The van der Waals surface area contributed by atoms with Crippen molar-refractivity contribution in [2.24, 2.45) is 5.16 Å². The fourth-order valence-electron chi connectivity index (χ4n) is 3.11. The minimum absolute atomic E-state index is 0.0452. The molecule has 4 rings (SSSR count). The average molecular weight is 431 g/mol. The number of carbonyl (C=O) groups is 1. The summed E-state index contributed by atoms with van der Waals surface area (Å²) in [5.74, 6) is -0.437. The number of halogens is 2. The van der Waals surface area contributed by atoms with Crippen LogP contribution in [0, 0.1) is 5.82 Å². The number of benzene rings is 1. The Balaban J connectivity index is 1.37. The summed E-state index contributed by atoms with van der Waals surface area (Å²) in [6, 6.07) is 12.9. The van der Waals surface area contributed by atoms with E-state index in [0.29, 0.717) is 34.2 Å². The molecule has 3 heterocycles. The second-order valence-electron chi connectivity index (χ2n) is 6.64. The zero-order valence-electron chi connectivity index (χ0n) is 15.2. The van der Waals surface area contributed by atoms with Crippen LogP contribution < -0.4 is 5.56 Å². The lowest BCUT2D eigenvalue weighted by molar-refractivity contribution is 0.0720. The van der Waals surface area contributed by atoms with E-state index in [1.54, 1.807) is 24.3 Å². The van der Waals surface area contributed by atoms with E-state index in [0.717, 1.165) is 23.5 Å². The van der Waals surface area contributed by atoms with Crippen molar-refractivity contribution in [1.82, 2.24) is 4.57 Å². The predicted molar refractivity (Wildman–Crippen MR) is 111 cm³/mol. The van der Waals surface area contributed by atoms with Crippen molar-refractivity contribution in [2.75, 3.05) is 0 Å². The van der Waals surface area contributed by atoms with Gasteiger partial charge in [-0.25, -0.2) is 4.39 Å². The van der Waals surface area contributed by atoms with Crippen molar-refractivity contribution < 1.29 is 14.0 Å². The van der Waals surface area contributed by atoms with Crippen molar-refractivity contribution in [3.05, 3.63) is 85.7 Å². The molecule has 1 aromatic carbocycles. The fraction of sp³-hybridized carbons (Fsp3) is 0.190. The number of thiophene rings is 1. The Bertz CT molecular complexity index is 1140. The zero-order chi connectivity index (χ0) is 20.4. The zero-order valence-corrected chi connectivity index (χ0v) is 16.8. The van der Waals surface area contributed by atoms with E-state index in [9.17, 15) is 14.0 Å². The molecule has 0 N–H and O–H groups in total. The number of Topliss-reactive ketones (excluding diaryl/α,β-unsaturated/α-hetero) is 1. The first kappa shape index (κ1) is 19.5. The predicted octanol–water partition coefficient (Wildman–Crippen LogP) is 4.85. The monoisotopic (exact) mass is 430 g/mol. The Labute approximate surface area is 175 Å². The molecule has 8 heteroatoms. The third-order valence-corrected chi connectivity index (χ3v) is 5.90. The quantitative estimate of drug-likeness (QED) is 0.525. The van der Waals surface area contributed by atoms with E-state index < -0.39 is 5.82 Å². The lowest BCUT2D eigenvalue weighted by atomic mass is 10.0. The number of ketones is 1. The molecule has 0 radical (unpaired) electrons. The molecule has 0 bridgehead atoms. The number of pyridine rings is 1. The molecule has 1 atom stereocenters. The molecule has 29 heavy (non-hydrogen) atoms. The molecule has 1 aliphatic rings. The van der Waals surface area contributed by atoms with Crippen LogP contribution in [0.4, 0.5) is 4.39 Å². The van der Waals surface area contributed by atoms with E-state index in [4.69, 9.17) is 16.4 Å². The topological polar surface area (TPSA) is 60.7 Å². The van der Waals surface area contributed by atoms with Crippen molar-refractivity contribution in [3.8, 4) is 5.69 Å². The number of hydrogen-bond acceptors (Lipinski definition) is 5. The van der Waals surface area contributed by atoms with Gasteiger partial charge in [0.25, 0.3) is 5.56 Å². The molecule has 148 valence electrons. The molecule has 2 aromatic heterocycles. The number of nitrogens with zero attached hydrogens (tertiary/aromatic N) is 2. The first-order valence-corrected chi connectivity index (χ1v) is 10.2. The van der Waals surface area contributed by atoms with Gasteiger partial charge in [0.2, 0.25) is 0 Å². The van der Waals surface area contributed by atoms with Gasteiger partial charge in [0.1, 0.15) is 11.9 Å². The summed E-state index contributed by atoms with van der Waals surface area (Å²) >= 11 is 7.15. The van der Waals surface area contributed by atoms with Gasteiger partial charge in [0, 0.05) is 30.8 Å². The van der Waals surface area contributed by atoms with E-state index in [-0.39, 0.29) is 17.4 Å². The second-order valence-corrected chi connectivity index (χ2v) is 8.35. The maximum Gasteiger partial charge on any atom is 0.255 e. The number of rotatable bonds is 6. The van der Waals surface area contributed by atoms with Crippen LogP contribution in [0.15, 0.2) is 64.7 Å². The lowest BCUT2D eigenvalue weighted by Crippen LogP contribution is -2.17. The van der Waals surface area contributed by atoms with Crippen LogP contribution in [0.25, 0.3) is 5.69 Å². The molecule has 0 aliphatic carbocycles. The molecule has 0 saturated heterocycles. The molecule has 0 spiro atoms. The summed E-state index contributed by atoms with van der Waals surface area (Å²) in [4.78, 5) is 30.2. The standard InChI is InChI=1S/C21H16ClFN2O3S/c22-20-9-8-19(29-20)18(26)7-6-16-11-17(24-28-16)13-1-4-15(5-2-13)25-12-14(23)3-10-21(25)27/h1-5,8-10,12,16H,6-7,11H2. The van der Waals surface area contributed by atoms with Crippen LogP contribution in [0.5, 0.6) is 0 Å². The molecule has 0 fully saturated rings. The molecule has 3 aromatic rings. The van der Waals surface area contributed by atoms with Gasteiger partial charge in [-0.2, -0.15) is 0 Å². The average Bonchev–Trinajstić information content (AvgIpc) is 3.37. The lowest BCUT2D eigenvalue weighted by Gasteiger charge is -2.08. The highest BCUT2D eigenvalue weighted by molar-refractivity contribution is 7.18. The SMILES string of the molecule is O=C(CCC1CC(c2ccc(-n3cc(F)ccc3=O)cc2)=NO1)c1ccc(Cl)s1. The number of hydrogen-bond donors (Lipinski definition) is 0. The Morgan fingerprint density at radius 3 is 2.72 bits per heavy atom. The van der Waals surface area contributed by atoms with Gasteiger partial charge in [0.15, 0.2) is 5.78 Å². The Kier molecular flexibility index (Phi) is 5.60. The summed E-state index contributed by atoms with van der Waals surface area (Å²) in [7, 11) is 0. The Morgan fingerprint density at radius 1 is 1.21 bits per heavy atom. The molecular formula is C21H16ClFN2O3S. The number of carbonyl (C=O) groups excluding carboxylic acids is 1. The van der Waals surface area contributed by atoms with Crippen molar-refractivity contribution in [3.63, 3.8) is 0 Å². The maximum absolute atomic E-state index is 13.4. The van der Waals surface area contributed by atoms with E-state index in [2.05, 4.69) is 5.16 Å². The third kappa shape index (κ3) is 4.46. The molecule has 0 saturated carbocycles. The minimum atomic E-state index is -0.482. The van der Waals surface area contributed by atoms with Crippen LogP contribution in [0.1, 0.15) is 34.5 Å². The van der Waals surface area contributed by atoms with E-state index in [1.165, 1.54) is 22.0 Å². The van der Waals surface area contributed by atoms with Crippen LogP contribution in [0.2, 0.25) is 4.34 Å². The first-order valence-electron chi connectivity index (χ1n) is 9.00. The summed E-state index contributed by atoms with van der Waals surface area (Å²) in [5, 5.41) is 4.13. The molecule has 0 amide bonds. The Morgan fingerprint density at radius 2 is 2.00 bits per heavy atom. The van der Waals surface area contributed by atoms with Gasteiger partial charge in [-0.1, -0.05) is 28.9 Å². The number of oxime groups is 1. The minimum Gasteiger partial charge on any atom is -0.392 e. The highest BCUT2D eigenvalue weighted by Crippen LogP contribution is 2.25.